The number of nitro groups is 1. The summed E-state index contributed by atoms with van der Waals surface area (Å²) >= 11 is 7.04. The zero-order chi connectivity index (χ0) is 24.4. The average molecular weight is 499 g/mol. The number of nitrogens with zero attached hydrogens (tertiary/aromatic N) is 3. The predicted octanol–water partition coefficient (Wildman–Crippen LogP) is 4.44. The average Bonchev–Trinajstić information content (AvgIpc) is 3.23. The molecule has 0 fully saturated rings. The summed E-state index contributed by atoms with van der Waals surface area (Å²) in [6, 6.07) is 11.7. The van der Waals surface area contributed by atoms with Crippen LogP contribution in [0.2, 0.25) is 5.02 Å². The number of rotatable bonds is 6. The molecule has 0 atom stereocenters. The van der Waals surface area contributed by atoms with E-state index >= 15 is 0 Å². The number of para-hydroxylation sites is 1. The van der Waals surface area contributed by atoms with Gasteiger partial charge in [-0.25, -0.2) is 4.79 Å². The Balaban J connectivity index is 1.90. The second kappa shape index (κ2) is 9.41. The number of ether oxygens (including phenoxy) is 1. The van der Waals surface area contributed by atoms with E-state index in [-0.39, 0.29) is 39.3 Å². The number of carbonyl (C=O) groups excluding carboxylic acids is 2. The molecule has 0 aliphatic carbocycles. The summed E-state index contributed by atoms with van der Waals surface area (Å²) < 4.78 is 6.09. The van der Waals surface area contributed by atoms with Crippen molar-refractivity contribution in [3.8, 4) is 5.69 Å². The molecular formula is C22H15ClN4O6S. The second-order valence-corrected chi connectivity index (χ2v) is 8.16. The lowest BCUT2D eigenvalue weighted by Crippen LogP contribution is -2.25. The van der Waals surface area contributed by atoms with E-state index in [0.717, 1.165) is 16.0 Å². The van der Waals surface area contributed by atoms with E-state index < -0.39 is 22.4 Å². The Morgan fingerprint density at radius 3 is 2.71 bits per heavy atom. The number of anilines is 1. The van der Waals surface area contributed by atoms with Gasteiger partial charge in [-0.1, -0.05) is 29.8 Å². The van der Waals surface area contributed by atoms with Crippen molar-refractivity contribution in [2.75, 3.05) is 11.9 Å². The van der Waals surface area contributed by atoms with Crippen LogP contribution in [0, 0.1) is 10.1 Å². The summed E-state index contributed by atoms with van der Waals surface area (Å²) in [6.07, 6.45) is 0. The molecule has 0 aliphatic rings. The molecule has 1 amide bonds. The summed E-state index contributed by atoms with van der Waals surface area (Å²) in [6.45, 7) is 1.72. The highest BCUT2D eigenvalue weighted by molar-refractivity contribution is 7.16. The molecule has 0 saturated carbocycles. The Bertz CT molecular complexity index is 1510. The normalized spacial score (nSPS) is 10.8. The number of thiophene rings is 1. The molecule has 2 aromatic carbocycles. The fourth-order valence-corrected chi connectivity index (χ4v) is 4.39. The first kappa shape index (κ1) is 23.1. The van der Waals surface area contributed by atoms with Gasteiger partial charge in [-0.2, -0.15) is 9.78 Å². The lowest BCUT2D eigenvalue weighted by atomic mass is 10.1. The van der Waals surface area contributed by atoms with Gasteiger partial charge in [-0.3, -0.25) is 19.7 Å². The number of amides is 1. The molecule has 12 heteroatoms. The van der Waals surface area contributed by atoms with Gasteiger partial charge in [0.15, 0.2) is 5.69 Å². The number of esters is 1. The van der Waals surface area contributed by atoms with E-state index in [9.17, 15) is 24.5 Å². The third-order valence-electron chi connectivity index (χ3n) is 4.75. The van der Waals surface area contributed by atoms with Crippen LogP contribution in [0.15, 0.2) is 58.7 Å². The molecule has 2 aromatic heterocycles. The summed E-state index contributed by atoms with van der Waals surface area (Å²) in [4.78, 5) is 49.5. The first-order valence-electron chi connectivity index (χ1n) is 9.84. The van der Waals surface area contributed by atoms with Gasteiger partial charge in [0.25, 0.3) is 17.2 Å². The van der Waals surface area contributed by atoms with Crippen molar-refractivity contribution >= 4 is 56.3 Å². The Morgan fingerprint density at radius 1 is 1.24 bits per heavy atom. The largest absolute Gasteiger partial charge is 0.461 e. The van der Waals surface area contributed by atoms with E-state index in [1.807, 2.05) is 0 Å². The van der Waals surface area contributed by atoms with E-state index in [1.54, 1.807) is 25.1 Å². The van der Waals surface area contributed by atoms with Gasteiger partial charge >= 0.3 is 5.97 Å². The number of halogens is 1. The molecule has 0 unspecified atom stereocenters. The van der Waals surface area contributed by atoms with Crippen molar-refractivity contribution in [1.29, 1.82) is 0 Å². The Morgan fingerprint density at radius 2 is 2.00 bits per heavy atom. The first-order valence-corrected chi connectivity index (χ1v) is 11.1. The van der Waals surface area contributed by atoms with Crippen molar-refractivity contribution in [3.05, 3.63) is 90.7 Å². The summed E-state index contributed by atoms with van der Waals surface area (Å²) in [5, 5.41) is 20.2. The van der Waals surface area contributed by atoms with Crippen LogP contribution in [0.5, 0.6) is 0 Å². The fourth-order valence-electron chi connectivity index (χ4n) is 3.27. The van der Waals surface area contributed by atoms with E-state index in [2.05, 4.69) is 10.4 Å². The third-order valence-corrected chi connectivity index (χ3v) is 5.88. The quantitative estimate of drug-likeness (QED) is 0.236. The van der Waals surface area contributed by atoms with Gasteiger partial charge in [-0.15, -0.1) is 11.3 Å². The molecule has 10 nitrogen and oxygen atoms in total. The minimum atomic E-state index is -0.778. The van der Waals surface area contributed by atoms with E-state index in [1.165, 1.54) is 35.7 Å². The molecular weight excluding hydrogens is 484 g/mol. The monoisotopic (exact) mass is 498 g/mol. The number of carbonyl (C=O) groups is 2. The number of aromatic nitrogens is 2. The Kier molecular flexibility index (Phi) is 6.39. The minimum Gasteiger partial charge on any atom is -0.461 e. The molecule has 0 spiro atoms. The Labute approximate surface area is 200 Å². The van der Waals surface area contributed by atoms with Crippen molar-refractivity contribution in [3.63, 3.8) is 0 Å². The van der Waals surface area contributed by atoms with Crippen molar-refractivity contribution in [2.45, 2.75) is 6.92 Å². The highest BCUT2D eigenvalue weighted by Crippen LogP contribution is 2.32. The zero-order valence-corrected chi connectivity index (χ0v) is 19.1. The maximum Gasteiger partial charge on any atom is 0.359 e. The Hall–Kier alpha value is -4.09. The molecule has 0 radical (unpaired) electrons. The zero-order valence-electron chi connectivity index (χ0n) is 17.5. The number of hydrogen-bond donors (Lipinski definition) is 1. The van der Waals surface area contributed by atoms with Crippen molar-refractivity contribution < 1.29 is 19.2 Å². The highest BCUT2D eigenvalue weighted by Gasteiger charge is 2.25. The van der Waals surface area contributed by atoms with Crippen LogP contribution in [0.3, 0.4) is 0 Å². The molecule has 0 saturated heterocycles. The number of nitro benzene ring substituents is 1. The van der Waals surface area contributed by atoms with Crippen LogP contribution < -0.4 is 10.9 Å². The maximum absolute atomic E-state index is 13.4. The fraction of sp³-hybridized carbons (Fsp3) is 0.0909. The van der Waals surface area contributed by atoms with Crippen LogP contribution in [0.25, 0.3) is 16.5 Å². The SMILES string of the molecule is CCOC(=O)c1nn(-c2cccc(Cl)c2)c(=O)c2c(NC(=O)c3ccccc3[N+](=O)[O-])scc12. The second-order valence-electron chi connectivity index (χ2n) is 6.85. The number of hydrogen-bond acceptors (Lipinski definition) is 8. The first-order chi connectivity index (χ1) is 16.3. The van der Waals surface area contributed by atoms with Crippen molar-refractivity contribution in [2.24, 2.45) is 0 Å². The molecule has 0 bridgehead atoms. The van der Waals surface area contributed by atoms with Gasteiger partial charge < -0.3 is 10.1 Å². The molecule has 1 N–H and O–H groups in total. The molecule has 0 aliphatic heterocycles. The third kappa shape index (κ3) is 4.26. The minimum absolute atomic E-state index is 0.00922. The van der Waals surface area contributed by atoms with Gasteiger partial charge in [-0.05, 0) is 31.2 Å². The summed E-state index contributed by atoms with van der Waals surface area (Å²) in [7, 11) is 0. The van der Waals surface area contributed by atoms with E-state index in [4.69, 9.17) is 16.3 Å². The molecule has 172 valence electrons. The predicted molar refractivity (Wildman–Crippen MR) is 127 cm³/mol. The molecule has 4 aromatic rings. The smallest absolute Gasteiger partial charge is 0.359 e. The van der Waals surface area contributed by atoms with Gasteiger partial charge in [0.1, 0.15) is 10.6 Å². The summed E-state index contributed by atoms with van der Waals surface area (Å²) in [5.74, 6) is -1.53. The van der Waals surface area contributed by atoms with Crippen LogP contribution in [0.1, 0.15) is 27.8 Å². The van der Waals surface area contributed by atoms with E-state index in [0.29, 0.717) is 10.7 Å². The van der Waals surface area contributed by atoms with Gasteiger partial charge in [0.05, 0.1) is 22.6 Å². The van der Waals surface area contributed by atoms with Crippen LogP contribution in [-0.2, 0) is 4.74 Å². The van der Waals surface area contributed by atoms with Crippen LogP contribution in [0.4, 0.5) is 10.7 Å². The molecule has 34 heavy (non-hydrogen) atoms. The number of nitrogens with one attached hydrogen (secondary N) is 1. The van der Waals surface area contributed by atoms with Gasteiger partial charge in [0, 0.05) is 21.9 Å². The lowest BCUT2D eigenvalue weighted by molar-refractivity contribution is -0.385. The van der Waals surface area contributed by atoms with Gasteiger partial charge in [0.2, 0.25) is 0 Å². The maximum atomic E-state index is 13.4. The molecule has 2 heterocycles. The number of benzene rings is 2. The number of fused-ring (bicyclic) bond motifs is 1. The molecule has 4 rings (SSSR count). The topological polar surface area (TPSA) is 133 Å². The summed E-state index contributed by atoms with van der Waals surface area (Å²) in [5.41, 5.74) is -1.01. The highest BCUT2D eigenvalue weighted by atomic mass is 35.5. The van der Waals surface area contributed by atoms with Crippen LogP contribution >= 0.6 is 22.9 Å². The van der Waals surface area contributed by atoms with Crippen LogP contribution in [-0.4, -0.2) is 33.2 Å². The van der Waals surface area contributed by atoms with Crippen molar-refractivity contribution in [1.82, 2.24) is 9.78 Å². The lowest BCUT2D eigenvalue weighted by Gasteiger charge is -2.10. The standard InChI is InChI=1S/C22H15ClN4O6S/c1-2-33-22(30)18-15-11-34-20(24-19(28)14-8-3-4-9-16(14)27(31)32)17(15)21(29)26(25-18)13-7-5-6-12(23)10-13/h3-11H,2H2,1H3,(H,24,28).